The van der Waals surface area contributed by atoms with Crippen LogP contribution in [0.5, 0.6) is 5.75 Å². The number of aromatic nitrogens is 4. The molecule has 0 saturated carbocycles. The topological polar surface area (TPSA) is 182 Å². The Kier molecular flexibility index (Phi) is 7.83. The molecular formula is C23H26N8O4. The number of aliphatic carboxylic acids is 1. The number of nitrogens with one attached hydrogen (secondary N) is 1. The van der Waals surface area contributed by atoms with Gasteiger partial charge in [-0.05, 0) is 31.5 Å². The molecule has 35 heavy (non-hydrogen) atoms. The van der Waals surface area contributed by atoms with Crippen LogP contribution in [0, 0.1) is 12.3 Å². The largest absolute Gasteiger partial charge is 0.495 e. The zero-order chi connectivity index (χ0) is 25.5. The molecule has 1 amide bonds. The highest BCUT2D eigenvalue weighted by atomic mass is 16.5. The van der Waals surface area contributed by atoms with Gasteiger partial charge in [-0.3, -0.25) is 9.59 Å². The number of nitrogen functional groups attached to an aromatic ring is 2. The number of amides is 1. The third-order valence-electron chi connectivity index (χ3n) is 5.09. The Hall–Kier alpha value is -4.66. The van der Waals surface area contributed by atoms with E-state index in [9.17, 15) is 9.59 Å². The monoisotopic (exact) mass is 478 g/mol. The predicted octanol–water partition coefficient (Wildman–Crippen LogP) is 1.22. The van der Waals surface area contributed by atoms with E-state index in [-0.39, 0.29) is 48.9 Å². The number of anilines is 3. The smallest absolute Gasteiger partial charge is 0.303 e. The summed E-state index contributed by atoms with van der Waals surface area (Å²) in [5, 5.41) is 11.6. The molecule has 0 spiro atoms. The number of ether oxygens (including phenoxy) is 1. The van der Waals surface area contributed by atoms with E-state index in [1.165, 1.54) is 7.11 Å². The van der Waals surface area contributed by atoms with Crippen molar-refractivity contribution in [3.8, 4) is 18.1 Å². The zero-order valence-electron chi connectivity index (χ0n) is 19.4. The molecule has 3 rings (SSSR count). The molecule has 6 N–H and O–H groups in total. The highest BCUT2D eigenvalue weighted by Gasteiger charge is 2.18. The first-order chi connectivity index (χ1) is 16.7. The van der Waals surface area contributed by atoms with E-state index in [1.807, 2.05) is 4.90 Å². The molecule has 182 valence electrons. The summed E-state index contributed by atoms with van der Waals surface area (Å²) in [5.41, 5.74) is 13.7. The number of carboxylic acids is 1. The molecule has 12 heteroatoms. The van der Waals surface area contributed by atoms with Crippen LogP contribution in [0.4, 0.5) is 17.5 Å². The molecule has 12 nitrogen and oxygen atoms in total. The zero-order valence-corrected chi connectivity index (χ0v) is 19.4. The fourth-order valence-electron chi connectivity index (χ4n) is 3.39. The Morgan fingerprint density at radius 1 is 1.29 bits per heavy atom. The molecule has 2 heterocycles. The first-order valence-electron chi connectivity index (χ1n) is 10.7. The second-order valence-electron chi connectivity index (χ2n) is 7.75. The first-order valence-corrected chi connectivity index (χ1v) is 10.7. The molecule has 0 fully saturated rings. The van der Waals surface area contributed by atoms with E-state index in [2.05, 4.69) is 31.2 Å². The maximum Gasteiger partial charge on any atom is 0.303 e. The Bertz CT molecular complexity index is 1290. The van der Waals surface area contributed by atoms with Gasteiger partial charge in [0.1, 0.15) is 5.75 Å². The van der Waals surface area contributed by atoms with E-state index in [0.29, 0.717) is 34.6 Å². The number of nitrogens with two attached hydrogens (primary N) is 2. The van der Waals surface area contributed by atoms with Crippen LogP contribution in [0.25, 0.3) is 11.2 Å². The highest BCUT2D eigenvalue weighted by Crippen LogP contribution is 2.30. The average molecular weight is 479 g/mol. The van der Waals surface area contributed by atoms with E-state index in [4.69, 9.17) is 27.7 Å². The number of methoxy groups -OCH3 is 1. The maximum atomic E-state index is 12.6. The Balaban J connectivity index is 1.84. The number of hydrogen-bond donors (Lipinski definition) is 4. The van der Waals surface area contributed by atoms with Gasteiger partial charge >= 0.3 is 5.97 Å². The van der Waals surface area contributed by atoms with Crippen molar-refractivity contribution in [2.24, 2.45) is 0 Å². The van der Waals surface area contributed by atoms with Crippen molar-refractivity contribution >= 4 is 40.5 Å². The fourth-order valence-corrected chi connectivity index (χ4v) is 3.39. The molecule has 1 aromatic carbocycles. The molecule has 0 aliphatic heterocycles. The van der Waals surface area contributed by atoms with Gasteiger partial charge < -0.3 is 31.5 Å². The normalized spacial score (nSPS) is 11.5. The number of carbonyl (C=O) groups is 2. The van der Waals surface area contributed by atoms with Crippen molar-refractivity contribution in [1.82, 2.24) is 25.3 Å². The second kappa shape index (κ2) is 11.0. The lowest BCUT2D eigenvalue weighted by molar-refractivity contribution is -0.137. The van der Waals surface area contributed by atoms with Crippen molar-refractivity contribution in [2.45, 2.75) is 32.4 Å². The number of terminal acetylenes is 1. The van der Waals surface area contributed by atoms with Crippen molar-refractivity contribution in [3.05, 3.63) is 35.7 Å². The molecule has 3 aromatic rings. The summed E-state index contributed by atoms with van der Waals surface area (Å²) >= 11 is 0. The quantitative estimate of drug-likeness (QED) is 0.307. The van der Waals surface area contributed by atoms with Gasteiger partial charge in [-0.25, -0.2) is 9.97 Å². The number of rotatable bonds is 10. The molecule has 1 atom stereocenters. The lowest BCUT2D eigenvalue weighted by Gasteiger charge is -2.24. The third kappa shape index (κ3) is 6.23. The summed E-state index contributed by atoms with van der Waals surface area (Å²) in [7, 11) is 1.49. The predicted molar refractivity (Wildman–Crippen MR) is 131 cm³/mol. The summed E-state index contributed by atoms with van der Waals surface area (Å²) in [6, 6.07) is 4.65. The van der Waals surface area contributed by atoms with Crippen molar-refractivity contribution in [3.63, 3.8) is 0 Å². The molecule has 0 radical (unpaired) electrons. The third-order valence-corrected chi connectivity index (χ3v) is 5.09. The van der Waals surface area contributed by atoms with Crippen LogP contribution in [0.15, 0.2) is 24.4 Å². The summed E-state index contributed by atoms with van der Waals surface area (Å²) < 4.78 is 5.53. The summed E-state index contributed by atoms with van der Waals surface area (Å²) in [6.45, 7) is 2.24. The number of fused-ring (bicyclic) bond motifs is 1. The van der Waals surface area contributed by atoms with Crippen molar-refractivity contribution in [1.29, 1.82) is 0 Å². The number of benzene rings is 1. The van der Waals surface area contributed by atoms with Crippen LogP contribution in [0.2, 0.25) is 0 Å². The number of hydrogen-bond acceptors (Lipinski definition) is 10. The summed E-state index contributed by atoms with van der Waals surface area (Å²) in [6.07, 6.45) is 7.43. The minimum atomic E-state index is -0.916. The number of nitrogens with zero attached hydrogens (tertiary/aromatic N) is 5. The van der Waals surface area contributed by atoms with Gasteiger partial charge in [0.15, 0.2) is 17.0 Å². The average Bonchev–Trinajstić information content (AvgIpc) is 2.82. The van der Waals surface area contributed by atoms with Crippen LogP contribution in [-0.4, -0.2) is 56.6 Å². The van der Waals surface area contributed by atoms with Crippen LogP contribution >= 0.6 is 0 Å². The molecule has 2 aromatic heterocycles. The van der Waals surface area contributed by atoms with E-state index < -0.39 is 5.97 Å². The molecule has 0 saturated heterocycles. The van der Waals surface area contributed by atoms with Gasteiger partial charge in [-0.1, -0.05) is 5.92 Å². The van der Waals surface area contributed by atoms with Crippen LogP contribution in [0.1, 0.15) is 35.8 Å². The van der Waals surface area contributed by atoms with Gasteiger partial charge in [0, 0.05) is 18.0 Å². The lowest BCUT2D eigenvalue weighted by Crippen LogP contribution is -2.33. The fraction of sp³-hybridized carbons (Fsp3) is 0.304. The van der Waals surface area contributed by atoms with Gasteiger partial charge in [-0.15, -0.1) is 6.42 Å². The van der Waals surface area contributed by atoms with Crippen molar-refractivity contribution < 1.29 is 19.4 Å². The van der Waals surface area contributed by atoms with E-state index >= 15 is 0 Å². The summed E-state index contributed by atoms with van der Waals surface area (Å²) in [5.74, 6) is 1.91. The minimum absolute atomic E-state index is 0.0103. The van der Waals surface area contributed by atoms with Crippen LogP contribution in [0.3, 0.4) is 0 Å². The molecular weight excluding hydrogens is 452 g/mol. The maximum absolute atomic E-state index is 12.6. The minimum Gasteiger partial charge on any atom is -0.495 e. The van der Waals surface area contributed by atoms with Gasteiger partial charge in [-0.2, -0.15) is 9.97 Å². The molecule has 0 bridgehead atoms. The molecule has 1 unspecified atom stereocenters. The van der Waals surface area contributed by atoms with Gasteiger partial charge in [0.2, 0.25) is 5.95 Å². The van der Waals surface area contributed by atoms with Crippen molar-refractivity contribution in [2.75, 3.05) is 30.0 Å². The van der Waals surface area contributed by atoms with Crippen LogP contribution < -0.4 is 26.4 Å². The SMILES string of the molecule is C#CCN(Cc1cnc2nc(N)nc(N)c2n1)c1ccc(C(=O)NC(C)CCC(=O)O)cc1OC. The standard InChI is InChI=1S/C23H26N8O4/c1-4-9-31(12-15-11-26-21-19(28-15)20(24)29-23(25)30-21)16-7-6-14(10-17(16)35-3)22(34)27-13(2)5-8-18(32)33/h1,6-7,10-11,13H,5,8-9,12H2,2-3H3,(H,27,34)(H,32,33)(H4,24,25,26,29,30). The Morgan fingerprint density at radius 2 is 2.06 bits per heavy atom. The first kappa shape index (κ1) is 25.0. The lowest BCUT2D eigenvalue weighted by atomic mass is 10.1. The van der Waals surface area contributed by atoms with Crippen LogP contribution in [-0.2, 0) is 11.3 Å². The Labute approximate surface area is 201 Å². The second-order valence-corrected chi connectivity index (χ2v) is 7.75. The summed E-state index contributed by atoms with van der Waals surface area (Å²) in [4.78, 5) is 41.9. The number of carboxylic acid groups (broad SMARTS) is 1. The molecule has 0 aliphatic rings. The van der Waals surface area contributed by atoms with E-state index in [1.54, 1.807) is 31.3 Å². The highest BCUT2D eigenvalue weighted by molar-refractivity contribution is 5.95. The molecule has 0 aliphatic carbocycles. The number of carbonyl (C=O) groups excluding carboxylic acids is 1. The van der Waals surface area contributed by atoms with Gasteiger partial charge in [0.25, 0.3) is 5.91 Å². The van der Waals surface area contributed by atoms with Gasteiger partial charge in [0.05, 0.1) is 37.8 Å². The Morgan fingerprint density at radius 3 is 2.74 bits per heavy atom. The van der Waals surface area contributed by atoms with E-state index in [0.717, 1.165) is 0 Å².